The fraction of sp³-hybridized carbons (Fsp3) is 0.600. The minimum atomic E-state index is -0.697. The zero-order chi connectivity index (χ0) is 13.0. The predicted molar refractivity (Wildman–Crippen MR) is 78.2 cm³/mol. The van der Waals surface area contributed by atoms with Gasteiger partial charge < -0.3 is 5.32 Å². The molecule has 2 unspecified atom stereocenters. The summed E-state index contributed by atoms with van der Waals surface area (Å²) in [6.45, 7) is 2.12. The van der Waals surface area contributed by atoms with Crippen LogP contribution in [0.3, 0.4) is 0 Å². The van der Waals surface area contributed by atoms with E-state index in [4.69, 9.17) is 0 Å². The van der Waals surface area contributed by atoms with Crippen molar-refractivity contribution in [2.24, 2.45) is 0 Å². The molecule has 0 bridgehead atoms. The molecule has 0 saturated heterocycles. The highest BCUT2D eigenvalue weighted by atomic mass is 32.2. The van der Waals surface area contributed by atoms with E-state index in [0.717, 1.165) is 18.6 Å². The highest BCUT2D eigenvalue weighted by Crippen LogP contribution is 2.26. The Morgan fingerprint density at radius 2 is 2.00 bits per heavy atom. The molecular weight excluding hydrogens is 242 g/mol. The fourth-order valence-corrected chi connectivity index (χ4v) is 4.56. The summed E-state index contributed by atoms with van der Waals surface area (Å²) in [7, 11) is 1.26. The van der Waals surface area contributed by atoms with Gasteiger partial charge in [-0.3, -0.25) is 4.21 Å². The smallest absolute Gasteiger partial charge is 0.0437 e. The summed E-state index contributed by atoms with van der Waals surface area (Å²) in [5.74, 6) is 0.742. The number of hydrogen-bond acceptors (Lipinski definition) is 2. The Labute approximate surface area is 113 Å². The first kappa shape index (κ1) is 13.8. The van der Waals surface area contributed by atoms with Crippen LogP contribution >= 0.6 is 0 Å². The van der Waals surface area contributed by atoms with Crippen LogP contribution in [-0.2, 0) is 10.8 Å². The largest absolute Gasteiger partial charge is 0.312 e. The molecule has 100 valence electrons. The van der Waals surface area contributed by atoms with Crippen LogP contribution in [0.15, 0.2) is 24.3 Å². The summed E-state index contributed by atoms with van der Waals surface area (Å²) in [5, 5.41) is 3.76. The van der Waals surface area contributed by atoms with Gasteiger partial charge >= 0.3 is 0 Å². The number of rotatable bonds is 5. The van der Waals surface area contributed by atoms with Crippen molar-refractivity contribution in [3.63, 3.8) is 0 Å². The monoisotopic (exact) mass is 265 g/mol. The maximum Gasteiger partial charge on any atom is 0.0437 e. The van der Waals surface area contributed by atoms with Gasteiger partial charge in [-0.15, -0.1) is 0 Å². The lowest BCUT2D eigenvalue weighted by molar-refractivity contribution is 0.625. The van der Waals surface area contributed by atoms with Gasteiger partial charge in [-0.2, -0.15) is 0 Å². The quantitative estimate of drug-likeness (QED) is 0.887. The highest BCUT2D eigenvalue weighted by Gasteiger charge is 2.24. The Morgan fingerprint density at radius 3 is 2.61 bits per heavy atom. The van der Waals surface area contributed by atoms with Gasteiger partial charge in [0.1, 0.15) is 0 Å². The first-order valence-electron chi connectivity index (χ1n) is 6.82. The maximum absolute atomic E-state index is 12.4. The number of benzene rings is 1. The molecule has 0 aromatic heterocycles. The molecule has 0 amide bonds. The van der Waals surface area contributed by atoms with Crippen LogP contribution in [0.4, 0.5) is 0 Å². The van der Waals surface area contributed by atoms with Crippen LogP contribution < -0.4 is 5.32 Å². The van der Waals surface area contributed by atoms with E-state index in [0.29, 0.717) is 5.25 Å². The molecule has 0 radical (unpaired) electrons. The molecule has 3 heteroatoms. The molecule has 1 aliphatic rings. The lowest BCUT2D eigenvalue weighted by Crippen LogP contribution is -2.27. The van der Waals surface area contributed by atoms with Gasteiger partial charge in [0.25, 0.3) is 0 Å². The summed E-state index contributed by atoms with van der Waals surface area (Å²) >= 11 is 0. The number of hydrogen-bond donors (Lipinski definition) is 1. The van der Waals surface area contributed by atoms with Gasteiger partial charge in [-0.25, -0.2) is 0 Å². The van der Waals surface area contributed by atoms with E-state index < -0.39 is 10.8 Å². The molecule has 2 nitrogen and oxygen atoms in total. The Balaban J connectivity index is 2.05. The predicted octanol–water partition coefficient (Wildman–Crippen LogP) is 2.95. The molecule has 1 fully saturated rings. The van der Waals surface area contributed by atoms with Crippen LogP contribution in [0.5, 0.6) is 0 Å². The standard InChI is InChI=1S/C15H23NOS/c1-12-7-3-6-10-14(12)15(16-2)11-18(17)13-8-4-5-9-13/h3,6-7,10,13,15-16H,4-5,8-9,11H2,1-2H3. The molecule has 1 N–H and O–H groups in total. The third kappa shape index (κ3) is 3.21. The summed E-state index contributed by atoms with van der Waals surface area (Å²) in [5.41, 5.74) is 2.56. The lowest BCUT2D eigenvalue weighted by Gasteiger charge is -2.20. The average molecular weight is 265 g/mol. The van der Waals surface area contributed by atoms with E-state index in [-0.39, 0.29) is 6.04 Å². The fourth-order valence-electron chi connectivity index (χ4n) is 2.76. The van der Waals surface area contributed by atoms with Crippen molar-refractivity contribution in [2.45, 2.75) is 43.9 Å². The van der Waals surface area contributed by atoms with Gasteiger partial charge in [-0.05, 0) is 37.9 Å². The van der Waals surface area contributed by atoms with Crippen LogP contribution in [0.25, 0.3) is 0 Å². The zero-order valence-electron chi connectivity index (χ0n) is 11.3. The lowest BCUT2D eigenvalue weighted by atomic mass is 10.0. The van der Waals surface area contributed by atoms with Crippen molar-refractivity contribution in [1.29, 1.82) is 0 Å². The molecular formula is C15H23NOS. The Hall–Kier alpha value is -0.670. The molecule has 0 aliphatic heterocycles. The van der Waals surface area contributed by atoms with Crippen molar-refractivity contribution in [2.75, 3.05) is 12.8 Å². The highest BCUT2D eigenvalue weighted by molar-refractivity contribution is 7.85. The molecule has 1 aliphatic carbocycles. The van der Waals surface area contributed by atoms with Crippen molar-refractivity contribution >= 4 is 10.8 Å². The summed E-state index contributed by atoms with van der Waals surface area (Å²) < 4.78 is 12.4. The molecule has 1 aromatic carbocycles. The van der Waals surface area contributed by atoms with E-state index in [2.05, 4.69) is 36.5 Å². The average Bonchev–Trinajstić information content (AvgIpc) is 2.90. The van der Waals surface area contributed by atoms with Crippen LogP contribution in [-0.4, -0.2) is 22.3 Å². The number of aryl methyl sites for hydroxylation is 1. The van der Waals surface area contributed by atoms with Crippen molar-refractivity contribution < 1.29 is 4.21 Å². The first-order chi connectivity index (χ1) is 8.72. The molecule has 0 spiro atoms. The summed E-state index contributed by atoms with van der Waals surface area (Å²) in [4.78, 5) is 0. The second-order valence-electron chi connectivity index (χ2n) is 5.15. The van der Waals surface area contributed by atoms with E-state index >= 15 is 0 Å². The van der Waals surface area contributed by atoms with E-state index in [1.54, 1.807) is 0 Å². The van der Waals surface area contributed by atoms with E-state index in [9.17, 15) is 4.21 Å². The third-order valence-corrected chi connectivity index (χ3v) is 5.79. The Bertz CT molecular complexity index is 413. The van der Waals surface area contributed by atoms with Gasteiger partial charge in [0, 0.05) is 27.8 Å². The van der Waals surface area contributed by atoms with E-state index in [1.807, 2.05) is 7.05 Å². The minimum absolute atomic E-state index is 0.215. The summed E-state index contributed by atoms with van der Waals surface area (Å²) in [6.07, 6.45) is 4.81. The number of nitrogens with one attached hydrogen (secondary N) is 1. The normalized spacial score (nSPS) is 19.9. The van der Waals surface area contributed by atoms with Crippen LogP contribution in [0, 0.1) is 6.92 Å². The second kappa shape index (κ2) is 6.48. The molecule has 1 saturated carbocycles. The maximum atomic E-state index is 12.4. The van der Waals surface area contributed by atoms with Crippen molar-refractivity contribution in [3.8, 4) is 0 Å². The van der Waals surface area contributed by atoms with Gasteiger partial charge in [0.15, 0.2) is 0 Å². The summed E-state index contributed by atoms with van der Waals surface area (Å²) in [6, 6.07) is 8.60. The van der Waals surface area contributed by atoms with Gasteiger partial charge in [-0.1, -0.05) is 37.1 Å². The Kier molecular flexibility index (Phi) is 4.95. The van der Waals surface area contributed by atoms with Crippen molar-refractivity contribution in [3.05, 3.63) is 35.4 Å². The molecule has 2 atom stereocenters. The minimum Gasteiger partial charge on any atom is -0.312 e. The molecule has 18 heavy (non-hydrogen) atoms. The van der Waals surface area contributed by atoms with Gasteiger partial charge in [0.05, 0.1) is 0 Å². The third-order valence-electron chi connectivity index (χ3n) is 3.92. The zero-order valence-corrected chi connectivity index (χ0v) is 12.1. The second-order valence-corrected chi connectivity index (χ2v) is 6.91. The van der Waals surface area contributed by atoms with Gasteiger partial charge in [0.2, 0.25) is 0 Å². The van der Waals surface area contributed by atoms with Crippen LogP contribution in [0.2, 0.25) is 0 Å². The topological polar surface area (TPSA) is 29.1 Å². The van der Waals surface area contributed by atoms with Crippen molar-refractivity contribution in [1.82, 2.24) is 5.32 Å². The van der Waals surface area contributed by atoms with E-state index in [1.165, 1.54) is 24.0 Å². The molecule has 0 heterocycles. The first-order valence-corrected chi connectivity index (χ1v) is 8.20. The Morgan fingerprint density at radius 1 is 1.33 bits per heavy atom. The SMILES string of the molecule is CNC(CS(=O)C1CCCC1)c1ccccc1C. The molecule has 1 aromatic rings. The molecule has 2 rings (SSSR count). The van der Waals surface area contributed by atoms with Crippen LogP contribution in [0.1, 0.15) is 42.9 Å².